The first-order valence-electron chi connectivity index (χ1n) is 15.1. The van der Waals surface area contributed by atoms with E-state index in [0.29, 0.717) is 28.3 Å². The van der Waals surface area contributed by atoms with Gasteiger partial charge in [-0.05, 0) is 116 Å². The van der Waals surface area contributed by atoms with Crippen LogP contribution in [0.25, 0.3) is 0 Å². The van der Waals surface area contributed by atoms with E-state index in [9.17, 15) is 5.11 Å². The average molecular weight is 487 g/mol. The number of allylic oxidation sites excluding steroid dienone is 2. The normalized spacial score (nSPS) is 44.6. The third kappa shape index (κ3) is 4.10. The molecule has 0 aromatic carbocycles. The van der Waals surface area contributed by atoms with Gasteiger partial charge in [-0.2, -0.15) is 0 Å². The van der Waals surface area contributed by atoms with E-state index in [1.807, 2.05) is 26.5 Å². The summed E-state index contributed by atoms with van der Waals surface area (Å²) < 4.78 is 6.02. The molecule has 0 heterocycles. The molecule has 202 valence electrons. The summed E-state index contributed by atoms with van der Waals surface area (Å²) in [5.41, 5.74) is 2.70. The van der Waals surface area contributed by atoms with E-state index in [4.69, 9.17) is 4.74 Å². The molecule has 0 radical (unpaired) electrons. The fourth-order valence-electron chi connectivity index (χ4n) is 10.8. The molecule has 4 aliphatic rings. The van der Waals surface area contributed by atoms with Gasteiger partial charge in [0.2, 0.25) is 0 Å². The topological polar surface area (TPSA) is 29.5 Å². The summed E-state index contributed by atoms with van der Waals surface area (Å²) in [5.74, 6) is 3.43. The molecule has 0 aromatic heterocycles. The fraction of sp³-hybridized carbons (Fsp3) is 0.939. The zero-order chi connectivity index (χ0) is 26.0. The molecule has 2 heteroatoms. The maximum Gasteiger partial charge on any atom is 0.0625 e. The highest BCUT2D eigenvalue weighted by Gasteiger charge is 2.65. The molecule has 9 atom stereocenters. The molecule has 4 aliphatic carbocycles. The van der Waals surface area contributed by atoms with E-state index in [0.717, 1.165) is 36.5 Å². The van der Waals surface area contributed by atoms with Gasteiger partial charge in [0.25, 0.3) is 0 Å². The third-order valence-electron chi connectivity index (χ3n) is 13.2. The molecular weight excluding hydrogens is 428 g/mol. The van der Waals surface area contributed by atoms with Crippen LogP contribution in [-0.4, -0.2) is 23.9 Å². The minimum atomic E-state index is -0.561. The van der Waals surface area contributed by atoms with Gasteiger partial charge in [-0.25, -0.2) is 0 Å². The lowest BCUT2D eigenvalue weighted by Gasteiger charge is -2.64. The zero-order valence-electron chi connectivity index (χ0n) is 25.0. The van der Waals surface area contributed by atoms with Crippen molar-refractivity contribution in [2.45, 2.75) is 138 Å². The number of rotatable bonds is 7. The standard InChI is InChI=1S/C33H58O2/c1-11-23(30(5,6)34)13-12-22(2)24-16-20-33(9)26-14-15-27-29(3,4)28(35-10)18-19-31(27,7)25(26)17-21-32(24,33)8/h17,22-24,26-28,34H,11-16,18-21H2,1-10H3. The highest BCUT2D eigenvalue weighted by Crippen LogP contribution is 2.73. The van der Waals surface area contributed by atoms with Gasteiger partial charge in [-0.1, -0.05) is 73.0 Å². The Morgan fingerprint density at radius 2 is 1.69 bits per heavy atom. The number of aliphatic hydroxyl groups is 1. The van der Waals surface area contributed by atoms with Crippen molar-refractivity contribution in [2.24, 2.45) is 51.2 Å². The van der Waals surface area contributed by atoms with Crippen LogP contribution < -0.4 is 0 Å². The second-order valence-electron chi connectivity index (χ2n) is 15.3. The Hall–Kier alpha value is -0.340. The van der Waals surface area contributed by atoms with Gasteiger partial charge in [-0.15, -0.1) is 0 Å². The van der Waals surface area contributed by atoms with E-state index >= 15 is 0 Å². The van der Waals surface area contributed by atoms with Crippen LogP contribution in [0.2, 0.25) is 0 Å². The molecule has 0 bridgehead atoms. The zero-order valence-corrected chi connectivity index (χ0v) is 25.0. The largest absolute Gasteiger partial charge is 0.390 e. The van der Waals surface area contributed by atoms with Crippen LogP contribution in [0.1, 0.15) is 127 Å². The van der Waals surface area contributed by atoms with Crippen molar-refractivity contribution in [3.8, 4) is 0 Å². The quantitative estimate of drug-likeness (QED) is 0.364. The molecule has 3 fully saturated rings. The molecule has 4 rings (SSSR count). The van der Waals surface area contributed by atoms with Gasteiger partial charge in [0.1, 0.15) is 0 Å². The first kappa shape index (κ1) is 27.7. The van der Waals surface area contributed by atoms with Crippen LogP contribution >= 0.6 is 0 Å². The number of hydrogen-bond acceptors (Lipinski definition) is 2. The van der Waals surface area contributed by atoms with Crippen molar-refractivity contribution >= 4 is 0 Å². The Balaban J connectivity index is 1.58. The summed E-state index contributed by atoms with van der Waals surface area (Å²) in [4.78, 5) is 0. The van der Waals surface area contributed by atoms with Crippen molar-refractivity contribution in [3.63, 3.8) is 0 Å². The summed E-state index contributed by atoms with van der Waals surface area (Å²) in [6, 6.07) is 0. The summed E-state index contributed by atoms with van der Waals surface area (Å²) in [6.45, 7) is 21.8. The minimum Gasteiger partial charge on any atom is -0.390 e. The number of hydrogen-bond donors (Lipinski definition) is 1. The van der Waals surface area contributed by atoms with Gasteiger partial charge in [-0.3, -0.25) is 0 Å². The monoisotopic (exact) mass is 486 g/mol. The van der Waals surface area contributed by atoms with Crippen molar-refractivity contribution in [2.75, 3.05) is 7.11 Å². The maximum atomic E-state index is 10.6. The predicted octanol–water partition coefficient (Wildman–Crippen LogP) is 8.82. The van der Waals surface area contributed by atoms with E-state index in [1.165, 1.54) is 51.4 Å². The third-order valence-corrected chi connectivity index (χ3v) is 13.2. The van der Waals surface area contributed by atoms with Crippen LogP contribution in [0.5, 0.6) is 0 Å². The lowest BCUT2D eigenvalue weighted by atomic mass is 9.41. The van der Waals surface area contributed by atoms with E-state index in [1.54, 1.807) is 0 Å². The first-order chi connectivity index (χ1) is 16.2. The molecule has 1 N–H and O–H groups in total. The molecule has 0 spiro atoms. The summed E-state index contributed by atoms with van der Waals surface area (Å²) in [6.07, 6.45) is 15.9. The van der Waals surface area contributed by atoms with Crippen molar-refractivity contribution in [1.82, 2.24) is 0 Å². The van der Waals surface area contributed by atoms with Gasteiger partial charge < -0.3 is 9.84 Å². The smallest absolute Gasteiger partial charge is 0.0625 e. The molecule has 9 unspecified atom stereocenters. The van der Waals surface area contributed by atoms with Crippen LogP contribution in [0, 0.1) is 51.2 Å². The van der Waals surface area contributed by atoms with Crippen LogP contribution in [-0.2, 0) is 4.74 Å². The number of ether oxygens (including phenoxy) is 1. The van der Waals surface area contributed by atoms with Gasteiger partial charge >= 0.3 is 0 Å². The molecule has 2 nitrogen and oxygen atoms in total. The first-order valence-corrected chi connectivity index (χ1v) is 15.1. The average Bonchev–Trinajstić information content (AvgIpc) is 3.04. The molecule has 0 aliphatic heterocycles. The molecule has 3 saturated carbocycles. The van der Waals surface area contributed by atoms with Gasteiger partial charge in [0.05, 0.1) is 11.7 Å². The fourth-order valence-corrected chi connectivity index (χ4v) is 10.8. The number of fused-ring (bicyclic) bond motifs is 5. The van der Waals surface area contributed by atoms with Crippen LogP contribution in [0.15, 0.2) is 11.6 Å². The van der Waals surface area contributed by atoms with Crippen LogP contribution in [0.4, 0.5) is 0 Å². The Labute approximate surface area is 218 Å². The van der Waals surface area contributed by atoms with Crippen molar-refractivity contribution in [3.05, 3.63) is 11.6 Å². The second-order valence-corrected chi connectivity index (χ2v) is 15.3. The molecular formula is C33H58O2. The molecule has 0 aromatic rings. The minimum absolute atomic E-state index is 0.248. The summed E-state index contributed by atoms with van der Waals surface area (Å²) in [5, 5.41) is 10.6. The lowest BCUT2D eigenvalue weighted by Crippen LogP contribution is -2.58. The molecule has 0 amide bonds. The van der Waals surface area contributed by atoms with Gasteiger partial charge in [0.15, 0.2) is 0 Å². The molecule has 0 saturated heterocycles. The van der Waals surface area contributed by atoms with E-state index in [-0.39, 0.29) is 5.41 Å². The Kier molecular flexibility index (Phi) is 7.23. The Morgan fingerprint density at radius 3 is 2.29 bits per heavy atom. The summed E-state index contributed by atoms with van der Waals surface area (Å²) in [7, 11) is 1.93. The van der Waals surface area contributed by atoms with Gasteiger partial charge in [0, 0.05) is 7.11 Å². The maximum absolute atomic E-state index is 10.6. The predicted molar refractivity (Wildman–Crippen MR) is 148 cm³/mol. The van der Waals surface area contributed by atoms with Crippen molar-refractivity contribution < 1.29 is 9.84 Å². The summed E-state index contributed by atoms with van der Waals surface area (Å²) >= 11 is 0. The second kappa shape index (κ2) is 9.14. The van der Waals surface area contributed by atoms with Crippen LogP contribution in [0.3, 0.4) is 0 Å². The number of methoxy groups -OCH3 is 1. The Bertz CT molecular complexity index is 804. The van der Waals surface area contributed by atoms with E-state index in [2.05, 4.69) is 54.5 Å². The molecule has 35 heavy (non-hydrogen) atoms. The highest BCUT2D eigenvalue weighted by atomic mass is 16.5. The lowest BCUT2D eigenvalue weighted by molar-refractivity contribution is -0.130. The Morgan fingerprint density at radius 1 is 1.00 bits per heavy atom. The SMILES string of the molecule is CCC(CCC(C)C1CCC2(C)C3CCC4C(C)(CCC(OC)C4(C)C)C3=CCC12C)C(C)(C)O. The van der Waals surface area contributed by atoms with Crippen molar-refractivity contribution in [1.29, 1.82) is 0 Å². The van der Waals surface area contributed by atoms with E-state index < -0.39 is 5.60 Å². The highest BCUT2D eigenvalue weighted by molar-refractivity contribution is 5.32.